The predicted octanol–water partition coefficient (Wildman–Crippen LogP) is 3.48. The van der Waals surface area contributed by atoms with Crippen molar-refractivity contribution in [2.75, 3.05) is 5.32 Å². The van der Waals surface area contributed by atoms with Gasteiger partial charge in [0.15, 0.2) is 5.82 Å². The van der Waals surface area contributed by atoms with Crippen LogP contribution in [0.1, 0.15) is 15.9 Å². The number of nitrogens with two attached hydrogens (primary N) is 1. The summed E-state index contributed by atoms with van der Waals surface area (Å²) in [6.45, 7) is 1.78. The molecule has 3 aromatic rings. The number of hydrogen-bond acceptors (Lipinski definition) is 5. The average molecular weight is 358 g/mol. The molecule has 0 saturated heterocycles. The smallest absolute Gasteiger partial charge is 0.252 e. The fourth-order valence-corrected chi connectivity index (χ4v) is 2.37. The second-order valence-corrected chi connectivity index (χ2v) is 5.70. The second kappa shape index (κ2) is 6.82. The van der Waals surface area contributed by atoms with Crippen LogP contribution in [0.2, 0.25) is 5.02 Å². The molecule has 1 aromatic carbocycles. The molecule has 0 atom stereocenters. The number of aryl methyl sites for hydroxylation is 1. The van der Waals surface area contributed by atoms with Gasteiger partial charge < -0.3 is 11.1 Å². The third kappa shape index (κ3) is 3.56. The number of aromatic nitrogens is 3. The van der Waals surface area contributed by atoms with E-state index in [0.29, 0.717) is 22.1 Å². The van der Waals surface area contributed by atoms with Crippen molar-refractivity contribution >= 4 is 29.0 Å². The standard InChI is InChI=1S/C17H13ClFN5O/c1-9-7-22-17(11-6-10(18)2-3-13(11)19)24-16(9)23-14-4-5-21-8-12(14)15(20)25/h2-8H,1H3,(H2,20,25)(H,21,22,23,24). The van der Waals surface area contributed by atoms with Crippen LogP contribution in [0.15, 0.2) is 42.9 Å². The molecule has 25 heavy (non-hydrogen) atoms. The minimum Gasteiger partial charge on any atom is -0.365 e. The van der Waals surface area contributed by atoms with Gasteiger partial charge in [-0.25, -0.2) is 14.4 Å². The molecule has 0 aliphatic carbocycles. The van der Waals surface area contributed by atoms with Crippen LogP contribution in [-0.4, -0.2) is 20.9 Å². The molecule has 3 N–H and O–H groups in total. The summed E-state index contributed by atoms with van der Waals surface area (Å²) in [4.78, 5) is 23.9. The number of carbonyl (C=O) groups excluding carboxylic acids is 1. The molecule has 0 spiro atoms. The molecule has 126 valence electrons. The van der Waals surface area contributed by atoms with E-state index in [4.69, 9.17) is 17.3 Å². The number of nitrogens with one attached hydrogen (secondary N) is 1. The number of benzene rings is 1. The van der Waals surface area contributed by atoms with Crippen molar-refractivity contribution in [2.45, 2.75) is 6.92 Å². The molecular weight excluding hydrogens is 345 g/mol. The first kappa shape index (κ1) is 16.8. The maximum absolute atomic E-state index is 14.1. The quantitative estimate of drug-likeness (QED) is 0.745. The Balaban J connectivity index is 2.04. The van der Waals surface area contributed by atoms with E-state index in [1.54, 1.807) is 19.2 Å². The van der Waals surface area contributed by atoms with Crippen molar-refractivity contribution in [1.82, 2.24) is 15.0 Å². The van der Waals surface area contributed by atoms with Crippen LogP contribution >= 0.6 is 11.6 Å². The lowest BCUT2D eigenvalue weighted by Crippen LogP contribution is -2.14. The Morgan fingerprint density at radius 2 is 2.08 bits per heavy atom. The van der Waals surface area contributed by atoms with E-state index in [2.05, 4.69) is 20.3 Å². The summed E-state index contributed by atoms with van der Waals surface area (Å²) in [5, 5.41) is 3.39. The maximum Gasteiger partial charge on any atom is 0.252 e. The van der Waals surface area contributed by atoms with Crippen molar-refractivity contribution < 1.29 is 9.18 Å². The van der Waals surface area contributed by atoms with Gasteiger partial charge in [0, 0.05) is 29.2 Å². The largest absolute Gasteiger partial charge is 0.365 e. The Morgan fingerprint density at radius 1 is 1.28 bits per heavy atom. The lowest BCUT2D eigenvalue weighted by molar-refractivity contribution is 0.100. The molecule has 0 bridgehead atoms. The lowest BCUT2D eigenvalue weighted by Gasteiger charge is -2.12. The molecule has 2 heterocycles. The van der Waals surface area contributed by atoms with Crippen LogP contribution < -0.4 is 11.1 Å². The summed E-state index contributed by atoms with van der Waals surface area (Å²) < 4.78 is 14.1. The van der Waals surface area contributed by atoms with Crippen molar-refractivity contribution in [3.05, 3.63) is 64.8 Å². The van der Waals surface area contributed by atoms with Gasteiger partial charge in [-0.3, -0.25) is 9.78 Å². The summed E-state index contributed by atoms with van der Waals surface area (Å²) in [5.74, 6) is -0.523. The lowest BCUT2D eigenvalue weighted by atomic mass is 10.2. The highest BCUT2D eigenvalue weighted by Crippen LogP contribution is 2.27. The number of anilines is 2. The normalized spacial score (nSPS) is 10.5. The van der Waals surface area contributed by atoms with E-state index in [-0.39, 0.29) is 17.0 Å². The van der Waals surface area contributed by atoms with Crippen LogP contribution in [-0.2, 0) is 0 Å². The van der Waals surface area contributed by atoms with Gasteiger partial charge in [0.25, 0.3) is 5.91 Å². The molecule has 0 radical (unpaired) electrons. The Bertz CT molecular complexity index is 964. The molecular formula is C17H13ClFN5O. The second-order valence-electron chi connectivity index (χ2n) is 5.26. The molecule has 0 aliphatic heterocycles. The molecule has 0 aliphatic rings. The number of rotatable bonds is 4. The first-order valence-corrected chi connectivity index (χ1v) is 7.63. The van der Waals surface area contributed by atoms with Gasteiger partial charge in [-0.05, 0) is 31.2 Å². The van der Waals surface area contributed by atoms with Crippen LogP contribution in [0.4, 0.5) is 15.9 Å². The van der Waals surface area contributed by atoms with Gasteiger partial charge in [0.2, 0.25) is 0 Å². The third-order valence-electron chi connectivity index (χ3n) is 3.48. The molecule has 1 amide bonds. The monoisotopic (exact) mass is 357 g/mol. The van der Waals surface area contributed by atoms with Gasteiger partial charge >= 0.3 is 0 Å². The number of amides is 1. The van der Waals surface area contributed by atoms with Crippen molar-refractivity contribution in [3.8, 4) is 11.4 Å². The zero-order valence-corrected chi connectivity index (χ0v) is 13.9. The van der Waals surface area contributed by atoms with Crippen molar-refractivity contribution in [2.24, 2.45) is 5.73 Å². The SMILES string of the molecule is Cc1cnc(-c2cc(Cl)ccc2F)nc1Nc1ccncc1C(N)=O. The number of halogens is 2. The van der Waals surface area contributed by atoms with E-state index in [1.807, 2.05) is 0 Å². The highest BCUT2D eigenvalue weighted by atomic mass is 35.5. The summed E-state index contributed by atoms with van der Waals surface area (Å²) in [6.07, 6.45) is 4.43. The molecule has 0 saturated carbocycles. The van der Waals surface area contributed by atoms with Gasteiger partial charge in [0.1, 0.15) is 11.6 Å². The topological polar surface area (TPSA) is 93.8 Å². The summed E-state index contributed by atoms with van der Waals surface area (Å²) in [7, 11) is 0. The highest BCUT2D eigenvalue weighted by Gasteiger charge is 2.14. The summed E-state index contributed by atoms with van der Waals surface area (Å²) >= 11 is 5.93. The Morgan fingerprint density at radius 3 is 2.84 bits per heavy atom. The fraction of sp³-hybridized carbons (Fsp3) is 0.0588. The average Bonchev–Trinajstić information content (AvgIpc) is 2.59. The minimum absolute atomic E-state index is 0.169. The van der Waals surface area contributed by atoms with Crippen LogP contribution in [0.5, 0.6) is 0 Å². The zero-order chi connectivity index (χ0) is 18.0. The zero-order valence-electron chi connectivity index (χ0n) is 13.1. The maximum atomic E-state index is 14.1. The van der Waals surface area contributed by atoms with Crippen LogP contribution in [0, 0.1) is 12.7 Å². The van der Waals surface area contributed by atoms with E-state index >= 15 is 0 Å². The number of carbonyl (C=O) groups is 1. The third-order valence-corrected chi connectivity index (χ3v) is 3.72. The summed E-state index contributed by atoms with van der Waals surface area (Å²) in [5.41, 5.74) is 6.90. The molecule has 2 aromatic heterocycles. The van der Waals surface area contributed by atoms with Gasteiger partial charge in [0.05, 0.1) is 16.8 Å². The first-order chi connectivity index (χ1) is 12.0. The van der Waals surface area contributed by atoms with E-state index in [9.17, 15) is 9.18 Å². The van der Waals surface area contributed by atoms with Gasteiger partial charge in [-0.15, -0.1) is 0 Å². The molecule has 8 heteroatoms. The Hall–Kier alpha value is -3.06. The molecule has 0 unspecified atom stereocenters. The van der Waals surface area contributed by atoms with Gasteiger partial charge in [-0.1, -0.05) is 11.6 Å². The highest BCUT2D eigenvalue weighted by molar-refractivity contribution is 6.30. The summed E-state index contributed by atoms with van der Waals surface area (Å²) in [6, 6.07) is 5.75. The number of nitrogens with zero attached hydrogens (tertiary/aromatic N) is 3. The number of pyridine rings is 1. The molecule has 3 rings (SSSR count). The Kier molecular flexibility index (Phi) is 4.58. The molecule has 0 fully saturated rings. The predicted molar refractivity (Wildman–Crippen MR) is 93.2 cm³/mol. The number of hydrogen-bond donors (Lipinski definition) is 2. The van der Waals surface area contributed by atoms with Crippen LogP contribution in [0.3, 0.4) is 0 Å². The number of primary amides is 1. The van der Waals surface area contributed by atoms with Crippen LogP contribution in [0.25, 0.3) is 11.4 Å². The van der Waals surface area contributed by atoms with E-state index in [1.165, 1.54) is 30.6 Å². The fourth-order valence-electron chi connectivity index (χ4n) is 2.19. The molecule has 6 nitrogen and oxygen atoms in total. The first-order valence-electron chi connectivity index (χ1n) is 7.25. The minimum atomic E-state index is -0.622. The van der Waals surface area contributed by atoms with Gasteiger partial charge in [-0.2, -0.15) is 0 Å². The van der Waals surface area contributed by atoms with E-state index < -0.39 is 11.7 Å². The van der Waals surface area contributed by atoms with Crippen molar-refractivity contribution in [1.29, 1.82) is 0 Å². The van der Waals surface area contributed by atoms with E-state index in [0.717, 1.165) is 0 Å². The Labute approximate surface area is 147 Å². The van der Waals surface area contributed by atoms with Crippen molar-refractivity contribution in [3.63, 3.8) is 0 Å².